The third kappa shape index (κ3) is 2.28. The van der Waals surface area contributed by atoms with Crippen LogP contribution in [-0.4, -0.2) is 28.4 Å². The van der Waals surface area contributed by atoms with Crippen molar-refractivity contribution in [3.63, 3.8) is 0 Å². The van der Waals surface area contributed by atoms with Crippen LogP contribution in [0, 0.1) is 5.92 Å². The van der Waals surface area contributed by atoms with Gasteiger partial charge in [0.2, 0.25) is 0 Å². The summed E-state index contributed by atoms with van der Waals surface area (Å²) < 4.78 is 7.24. The van der Waals surface area contributed by atoms with Crippen LogP contribution in [0.25, 0.3) is 0 Å². The van der Waals surface area contributed by atoms with E-state index < -0.39 is 0 Å². The molecule has 14 heavy (non-hydrogen) atoms. The van der Waals surface area contributed by atoms with Crippen molar-refractivity contribution < 1.29 is 4.74 Å². The summed E-state index contributed by atoms with van der Waals surface area (Å²) >= 11 is 6.23. The lowest BCUT2D eigenvalue weighted by Gasteiger charge is -2.26. The third-order valence-electron chi connectivity index (χ3n) is 2.64. The highest BCUT2D eigenvalue weighted by Gasteiger charge is 2.24. The van der Waals surface area contributed by atoms with Crippen molar-refractivity contribution in [2.45, 2.75) is 18.2 Å². The molecule has 0 aliphatic carbocycles. The minimum atomic E-state index is 0.254. The summed E-state index contributed by atoms with van der Waals surface area (Å²) in [6, 6.07) is 0. The van der Waals surface area contributed by atoms with Crippen LogP contribution in [0.4, 0.5) is 0 Å². The summed E-state index contributed by atoms with van der Waals surface area (Å²) in [6.45, 7) is 1.58. The molecule has 0 spiro atoms. The SMILES string of the molecule is Cn1cc(CC2COCCC2Cl)cn1. The number of hydrogen-bond acceptors (Lipinski definition) is 2. The molecule has 0 bridgehead atoms. The number of aromatic nitrogens is 2. The van der Waals surface area contributed by atoms with E-state index in [4.69, 9.17) is 16.3 Å². The molecule has 1 aliphatic rings. The fourth-order valence-corrected chi connectivity index (χ4v) is 2.09. The van der Waals surface area contributed by atoms with E-state index in [1.54, 1.807) is 0 Å². The van der Waals surface area contributed by atoms with Gasteiger partial charge in [0.05, 0.1) is 12.8 Å². The van der Waals surface area contributed by atoms with Crippen molar-refractivity contribution in [1.82, 2.24) is 9.78 Å². The number of rotatable bonds is 2. The molecule has 0 saturated carbocycles. The molecule has 2 heterocycles. The normalized spacial score (nSPS) is 27.9. The van der Waals surface area contributed by atoms with Gasteiger partial charge in [-0.3, -0.25) is 4.68 Å². The average molecular weight is 215 g/mol. The highest BCUT2D eigenvalue weighted by atomic mass is 35.5. The van der Waals surface area contributed by atoms with Crippen molar-refractivity contribution >= 4 is 11.6 Å². The Hall–Kier alpha value is -0.540. The highest BCUT2D eigenvalue weighted by molar-refractivity contribution is 6.20. The Morgan fingerprint density at radius 3 is 3.21 bits per heavy atom. The first-order valence-corrected chi connectivity index (χ1v) is 5.38. The fourth-order valence-electron chi connectivity index (χ4n) is 1.84. The fraction of sp³-hybridized carbons (Fsp3) is 0.700. The predicted molar refractivity (Wildman–Crippen MR) is 55.5 cm³/mol. The Morgan fingerprint density at radius 1 is 1.71 bits per heavy atom. The third-order valence-corrected chi connectivity index (χ3v) is 3.21. The maximum Gasteiger partial charge on any atom is 0.0521 e. The van der Waals surface area contributed by atoms with Crippen LogP contribution in [-0.2, 0) is 18.2 Å². The summed E-state index contributed by atoms with van der Waals surface area (Å²) in [5.41, 5.74) is 1.24. The Balaban J connectivity index is 1.95. The molecule has 1 aliphatic heterocycles. The van der Waals surface area contributed by atoms with E-state index in [0.717, 1.165) is 26.1 Å². The number of halogens is 1. The lowest BCUT2D eigenvalue weighted by molar-refractivity contribution is 0.0578. The first kappa shape index (κ1) is 9.99. The molecular weight excluding hydrogens is 200 g/mol. The Labute approximate surface area is 89.0 Å². The lowest BCUT2D eigenvalue weighted by Crippen LogP contribution is -2.29. The van der Waals surface area contributed by atoms with Crippen LogP contribution in [0.3, 0.4) is 0 Å². The molecule has 1 fully saturated rings. The van der Waals surface area contributed by atoms with Crippen LogP contribution in [0.2, 0.25) is 0 Å². The Kier molecular flexibility index (Phi) is 3.08. The van der Waals surface area contributed by atoms with E-state index in [-0.39, 0.29) is 5.38 Å². The van der Waals surface area contributed by atoms with Gasteiger partial charge in [0.25, 0.3) is 0 Å². The van der Waals surface area contributed by atoms with E-state index in [1.807, 2.05) is 24.1 Å². The van der Waals surface area contributed by atoms with Gasteiger partial charge in [-0.2, -0.15) is 5.10 Å². The maximum absolute atomic E-state index is 6.23. The summed E-state index contributed by atoms with van der Waals surface area (Å²) in [5, 5.41) is 4.39. The van der Waals surface area contributed by atoms with Crippen molar-refractivity contribution in [2.24, 2.45) is 13.0 Å². The minimum Gasteiger partial charge on any atom is -0.381 e. The van der Waals surface area contributed by atoms with Crippen LogP contribution >= 0.6 is 11.6 Å². The lowest BCUT2D eigenvalue weighted by atomic mass is 9.95. The monoisotopic (exact) mass is 214 g/mol. The van der Waals surface area contributed by atoms with Crippen LogP contribution in [0.5, 0.6) is 0 Å². The van der Waals surface area contributed by atoms with Gasteiger partial charge in [-0.15, -0.1) is 11.6 Å². The number of alkyl halides is 1. The van der Waals surface area contributed by atoms with Crippen LogP contribution in [0.1, 0.15) is 12.0 Å². The smallest absolute Gasteiger partial charge is 0.0521 e. The molecule has 0 N–H and O–H groups in total. The highest BCUT2D eigenvalue weighted by Crippen LogP contribution is 2.23. The predicted octanol–water partition coefficient (Wildman–Crippen LogP) is 1.61. The van der Waals surface area contributed by atoms with Gasteiger partial charge in [-0.1, -0.05) is 0 Å². The Bertz CT molecular complexity index is 300. The van der Waals surface area contributed by atoms with E-state index in [0.29, 0.717) is 5.92 Å². The topological polar surface area (TPSA) is 27.1 Å². The van der Waals surface area contributed by atoms with E-state index in [9.17, 15) is 0 Å². The average Bonchev–Trinajstić information content (AvgIpc) is 2.56. The molecule has 2 atom stereocenters. The van der Waals surface area contributed by atoms with Gasteiger partial charge >= 0.3 is 0 Å². The summed E-state index contributed by atoms with van der Waals surface area (Å²) in [6.07, 6.45) is 5.88. The quantitative estimate of drug-likeness (QED) is 0.700. The van der Waals surface area contributed by atoms with Crippen molar-refractivity contribution in [3.05, 3.63) is 18.0 Å². The second-order valence-corrected chi connectivity index (χ2v) is 4.43. The summed E-state index contributed by atoms with van der Waals surface area (Å²) in [5.74, 6) is 0.439. The number of nitrogens with zero attached hydrogens (tertiary/aromatic N) is 2. The molecule has 1 aromatic heterocycles. The number of ether oxygens (including phenoxy) is 1. The van der Waals surface area contributed by atoms with Gasteiger partial charge < -0.3 is 4.74 Å². The van der Waals surface area contributed by atoms with Crippen LogP contribution in [0.15, 0.2) is 12.4 Å². The van der Waals surface area contributed by atoms with Gasteiger partial charge in [-0.25, -0.2) is 0 Å². The molecule has 0 amide bonds. The number of aryl methyl sites for hydroxylation is 1. The first-order chi connectivity index (χ1) is 6.75. The molecule has 1 aromatic rings. The molecule has 3 nitrogen and oxygen atoms in total. The van der Waals surface area contributed by atoms with Crippen molar-refractivity contribution in [1.29, 1.82) is 0 Å². The summed E-state index contributed by atoms with van der Waals surface area (Å²) in [7, 11) is 1.93. The maximum atomic E-state index is 6.23. The van der Waals surface area contributed by atoms with Gasteiger partial charge in [0.15, 0.2) is 0 Å². The zero-order chi connectivity index (χ0) is 9.97. The molecule has 2 rings (SSSR count). The molecule has 0 aromatic carbocycles. The zero-order valence-electron chi connectivity index (χ0n) is 8.32. The van der Waals surface area contributed by atoms with Crippen molar-refractivity contribution in [2.75, 3.05) is 13.2 Å². The molecule has 2 unspecified atom stereocenters. The summed E-state index contributed by atoms with van der Waals surface area (Å²) in [4.78, 5) is 0. The molecule has 1 saturated heterocycles. The standard InChI is InChI=1S/C10H15ClN2O/c1-13-6-8(5-12-13)4-9-7-14-3-2-10(9)11/h5-6,9-10H,2-4,7H2,1H3. The minimum absolute atomic E-state index is 0.254. The van der Waals surface area contributed by atoms with Crippen molar-refractivity contribution in [3.8, 4) is 0 Å². The zero-order valence-corrected chi connectivity index (χ0v) is 9.07. The second-order valence-electron chi connectivity index (χ2n) is 3.87. The van der Waals surface area contributed by atoms with E-state index >= 15 is 0 Å². The van der Waals surface area contributed by atoms with Crippen LogP contribution < -0.4 is 0 Å². The first-order valence-electron chi connectivity index (χ1n) is 4.95. The number of hydrogen-bond donors (Lipinski definition) is 0. The van der Waals surface area contributed by atoms with E-state index in [1.165, 1.54) is 5.56 Å². The van der Waals surface area contributed by atoms with Gasteiger partial charge in [0.1, 0.15) is 0 Å². The van der Waals surface area contributed by atoms with Gasteiger partial charge in [-0.05, 0) is 18.4 Å². The Morgan fingerprint density at radius 2 is 2.57 bits per heavy atom. The molecule has 78 valence electrons. The van der Waals surface area contributed by atoms with Gasteiger partial charge in [0, 0.05) is 31.1 Å². The van der Waals surface area contributed by atoms with E-state index in [2.05, 4.69) is 5.10 Å². The molecule has 4 heteroatoms. The molecular formula is C10H15ClN2O. The second kappa shape index (κ2) is 4.32. The molecule has 0 radical (unpaired) electrons. The largest absolute Gasteiger partial charge is 0.381 e.